The highest BCUT2D eigenvalue weighted by molar-refractivity contribution is 5.83. The molecule has 0 bridgehead atoms. The van der Waals surface area contributed by atoms with Gasteiger partial charge in [-0.25, -0.2) is 0 Å². The van der Waals surface area contributed by atoms with E-state index in [4.69, 9.17) is 9.47 Å². The van der Waals surface area contributed by atoms with E-state index >= 15 is 0 Å². The molecule has 0 aromatic heterocycles. The molecule has 1 aliphatic carbocycles. The summed E-state index contributed by atoms with van der Waals surface area (Å²) in [6, 6.07) is -0.438. The Morgan fingerprint density at radius 1 is 0.841 bits per heavy atom. The Bertz CT molecular complexity index is 886. The van der Waals surface area contributed by atoms with Crippen molar-refractivity contribution in [1.82, 2.24) is 10.2 Å². The SMILES string of the molecule is CCCCCCCC/C=C\CCCCCCCC(=O)N[C@H]1CCCC[C@@H]1N(CCC(=O)O)C(=O)C1OC(C)(C)OCC1(C)C. The second kappa shape index (κ2) is 20.2. The number of nitrogens with zero attached hydrogens (tertiary/aromatic N) is 1. The van der Waals surface area contributed by atoms with Crippen molar-refractivity contribution in [2.45, 2.75) is 181 Å². The minimum Gasteiger partial charge on any atom is -0.481 e. The lowest BCUT2D eigenvalue weighted by Crippen LogP contribution is -2.62. The Kier molecular flexibility index (Phi) is 17.6. The summed E-state index contributed by atoms with van der Waals surface area (Å²) in [5.41, 5.74) is -0.564. The molecule has 2 fully saturated rings. The van der Waals surface area contributed by atoms with Gasteiger partial charge in [0, 0.05) is 24.4 Å². The number of carbonyl (C=O) groups is 3. The summed E-state index contributed by atoms with van der Waals surface area (Å²) >= 11 is 0. The van der Waals surface area contributed by atoms with Crippen molar-refractivity contribution in [1.29, 1.82) is 0 Å². The van der Waals surface area contributed by atoms with Crippen LogP contribution in [0.15, 0.2) is 12.2 Å². The zero-order chi connectivity index (χ0) is 32.4. The highest BCUT2D eigenvalue weighted by atomic mass is 16.7. The van der Waals surface area contributed by atoms with Gasteiger partial charge < -0.3 is 24.8 Å². The fourth-order valence-corrected chi connectivity index (χ4v) is 6.39. The molecule has 1 unspecified atom stereocenters. The molecule has 0 aromatic carbocycles. The van der Waals surface area contributed by atoms with Crippen molar-refractivity contribution >= 4 is 17.8 Å². The van der Waals surface area contributed by atoms with Crippen LogP contribution >= 0.6 is 0 Å². The first-order valence-electron chi connectivity index (χ1n) is 17.8. The average molecular weight is 621 g/mol. The second-order valence-corrected chi connectivity index (χ2v) is 14.2. The molecule has 2 N–H and O–H groups in total. The van der Waals surface area contributed by atoms with Gasteiger partial charge in [-0.05, 0) is 58.8 Å². The third-order valence-electron chi connectivity index (χ3n) is 9.12. The molecule has 0 radical (unpaired) electrons. The number of nitrogens with one attached hydrogen (secondary N) is 1. The average Bonchev–Trinajstić information content (AvgIpc) is 2.97. The van der Waals surface area contributed by atoms with Crippen LogP contribution in [0.5, 0.6) is 0 Å². The van der Waals surface area contributed by atoms with Crippen LogP contribution in [0.4, 0.5) is 0 Å². The van der Waals surface area contributed by atoms with Crippen LogP contribution in [0, 0.1) is 5.41 Å². The molecular weight excluding hydrogens is 556 g/mol. The van der Waals surface area contributed by atoms with Gasteiger partial charge >= 0.3 is 5.97 Å². The van der Waals surface area contributed by atoms with E-state index in [2.05, 4.69) is 24.4 Å². The Hall–Kier alpha value is -1.93. The van der Waals surface area contributed by atoms with Crippen molar-refractivity contribution in [2.24, 2.45) is 5.41 Å². The Balaban J connectivity index is 1.78. The summed E-state index contributed by atoms with van der Waals surface area (Å²) < 4.78 is 11.9. The summed E-state index contributed by atoms with van der Waals surface area (Å²) in [6.45, 7) is 10.2. The van der Waals surface area contributed by atoms with Gasteiger partial charge in [-0.1, -0.05) is 97.1 Å². The zero-order valence-electron chi connectivity index (χ0n) is 28.7. The zero-order valence-corrected chi connectivity index (χ0v) is 28.7. The molecular formula is C36H64N2O6. The van der Waals surface area contributed by atoms with E-state index in [0.717, 1.165) is 51.4 Å². The molecule has 1 heterocycles. The normalized spacial score (nSPS) is 23.0. The molecule has 2 amide bonds. The van der Waals surface area contributed by atoms with E-state index < -0.39 is 23.3 Å². The smallest absolute Gasteiger partial charge is 0.305 e. The molecule has 2 rings (SSSR count). The summed E-state index contributed by atoms with van der Waals surface area (Å²) in [4.78, 5) is 40.2. The maximum absolute atomic E-state index is 14.0. The predicted molar refractivity (Wildman–Crippen MR) is 176 cm³/mol. The largest absolute Gasteiger partial charge is 0.481 e. The minimum absolute atomic E-state index is 0.0222. The van der Waals surface area contributed by atoms with E-state index in [-0.39, 0.29) is 36.9 Å². The highest BCUT2D eigenvalue weighted by Gasteiger charge is 2.48. The van der Waals surface area contributed by atoms with Crippen LogP contribution in [-0.2, 0) is 23.9 Å². The number of rotatable bonds is 21. The quantitative estimate of drug-likeness (QED) is 0.0997. The van der Waals surface area contributed by atoms with E-state index in [0.29, 0.717) is 13.0 Å². The maximum Gasteiger partial charge on any atom is 0.305 e. The molecule has 1 saturated carbocycles. The van der Waals surface area contributed by atoms with Gasteiger partial charge in [0.1, 0.15) is 6.10 Å². The van der Waals surface area contributed by atoms with Crippen LogP contribution in [0.25, 0.3) is 0 Å². The number of hydrogen-bond acceptors (Lipinski definition) is 5. The van der Waals surface area contributed by atoms with Crippen molar-refractivity contribution in [3.8, 4) is 0 Å². The van der Waals surface area contributed by atoms with Crippen LogP contribution in [0.3, 0.4) is 0 Å². The van der Waals surface area contributed by atoms with Crippen LogP contribution in [0.2, 0.25) is 0 Å². The number of ether oxygens (including phenoxy) is 2. The molecule has 0 spiro atoms. The number of aliphatic carboxylic acids is 1. The van der Waals surface area contributed by atoms with E-state index in [9.17, 15) is 19.5 Å². The molecule has 254 valence electrons. The number of carboxylic acids is 1. The van der Waals surface area contributed by atoms with Crippen molar-refractivity contribution in [3.63, 3.8) is 0 Å². The Morgan fingerprint density at radius 2 is 1.43 bits per heavy atom. The number of allylic oxidation sites excluding steroid dienone is 2. The molecule has 2 aliphatic rings. The van der Waals surface area contributed by atoms with Crippen LogP contribution < -0.4 is 5.32 Å². The van der Waals surface area contributed by atoms with E-state index in [1.165, 1.54) is 57.8 Å². The third kappa shape index (κ3) is 14.4. The number of unbranched alkanes of at least 4 members (excludes halogenated alkanes) is 11. The lowest BCUT2D eigenvalue weighted by atomic mass is 9.83. The lowest BCUT2D eigenvalue weighted by molar-refractivity contribution is -0.306. The van der Waals surface area contributed by atoms with Crippen LogP contribution in [0.1, 0.15) is 157 Å². The highest BCUT2D eigenvalue weighted by Crippen LogP contribution is 2.37. The van der Waals surface area contributed by atoms with Gasteiger partial charge in [0.2, 0.25) is 5.91 Å². The molecule has 0 aromatic rings. The lowest BCUT2D eigenvalue weighted by Gasteiger charge is -2.48. The molecule has 1 aliphatic heterocycles. The first-order chi connectivity index (χ1) is 21.0. The Morgan fingerprint density at radius 3 is 2.07 bits per heavy atom. The number of carboxylic acid groups (broad SMARTS) is 1. The van der Waals surface area contributed by atoms with Gasteiger partial charge in [0.05, 0.1) is 19.1 Å². The molecule has 8 nitrogen and oxygen atoms in total. The fraction of sp³-hybridized carbons (Fsp3) is 0.861. The van der Waals surface area contributed by atoms with Gasteiger partial charge in [-0.3, -0.25) is 14.4 Å². The van der Waals surface area contributed by atoms with E-state index in [1.54, 1.807) is 18.7 Å². The molecule has 3 atom stereocenters. The summed E-state index contributed by atoms with van der Waals surface area (Å²) in [7, 11) is 0. The molecule has 44 heavy (non-hydrogen) atoms. The maximum atomic E-state index is 14.0. The molecule has 8 heteroatoms. The summed E-state index contributed by atoms with van der Waals surface area (Å²) in [5.74, 6) is -2.04. The summed E-state index contributed by atoms with van der Waals surface area (Å²) in [5, 5.41) is 12.7. The Labute approximate surface area is 268 Å². The molecule has 1 saturated heterocycles. The van der Waals surface area contributed by atoms with E-state index in [1.807, 2.05) is 13.8 Å². The van der Waals surface area contributed by atoms with Crippen molar-refractivity contribution < 1.29 is 29.0 Å². The first kappa shape index (κ1) is 38.3. The van der Waals surface area contributed by atoms with Gasteiger partial charge in [-0.2, -0.15) is 0 Å². The van der Waals surface area contributed by atoms with Gasteiger partial charge in [-0.15, -0.1) is 0 Å². The van der Waals surface area contributed by atoms with Gasteiger partial charge in [0.15, 0.2) is 5.79 Å². The van der Waals surface area contributed by atoms with Gasteiger partial charge in [0.25, 0.3) is 5.91 Å². The number of hydrogen-bond donors (Lipinski definition) is 2. The predicted octanol–water partition coefficient (Wildman–Crippen LogP) is 7.93. The third-order valence-corrected chi connectivity index (χ3v) is 9.12. The van der Waals surface area contributed by atoms with Crippen molar-refractivity contribution in [3.05, 3.63) is 12.2 Å². The fourth-order valence-electron chi connectivity index (χ4n) is 6.39. The first-order valence-corrected chi connectivity index (χ1v) is 17.8. The van der Waals surface area contributed by atoms with Crippen molar-refractivity contribution in [2.75, 3.05) is 13.2 Å². The standard InChI is InChI=1S/C36H64N2O6/c1-6-7-8-9-10-11-12-13-14-15-16-17-18-19-20-25-31(39)37-29-23-21-22-24-30(29)38(27-26-32(40)41)34(42)33-35(2,3)28-43-36(4,5)44-33/h13-14,29-30,33H,6-12,15-28H2,1-5H3,(H,37,39)(H,40,41)/b14-13-/t29-,30-,33?/m0/s1. The number of amides is 2. The number of carbonyl (C=O) groups excluding carboxylic acids is 2. The monoisotopic (exact) mass is 620 g/mol. The van der Waals surface area contributed by atoms with Crippen LogP contribution in [-0.4, -0.2) is 64.9 Å². The summed E-state index contributed by atoms with van der Waals surface area (Å²) in [6.07, 6.45) is 23.5. The minimum atomic E-state index is -0.948. The second-order valence-electron chi connectivity index (χ2n) is 14.2. The topological polar surface area (TPSA) is 105 Å².